The van der Waals surface area contributed by atoms with Gasteiger partial charge in [0, 0.05) is 18.7 Å². The summed E-state index contributed by atoms with van der Waals surface area (Å²) in [7, 11) is 0. The highest BCUT2D eigenvalue weighted by atomic mass is 32.1. The number of para-hydroxylation sites is 1. The minimum atomic E-state index is -0.419. The summed E-state index contributed by atoms with van der Waals surface area (Å²) in [5.41, 5.74) is 0.663. The molecule has 0 spiro atoms. The number of aromatic amines is 1. The first-order valence-corrected chi connectivity index (χ1v) is 9.45. The lowest BCUT2D eigenvalue weighted by Crippen LogP contribution is -2.26. The summed E-state index contributed by atoms with van der Waals surface area (Å²) >= 11 is 5.21. The van der Waals surface area contributed by atoms with Crippen molar-refractivity contribution in [2.75, 3.05) is 13.2 Å². The first kappa shape index (κ1) is 20.5. The number of fused-ring (bicyclic) bond motifs is 1. The number of rotatable bonds is 8. The van der Waals surface area contributed by atoms with Gasteiger partial charge in [-0.1, -0.05) is 18.2 Å². The van der Waals surface area contributed by atoms with Gasteiger partial charge in [-0.3, -0.25) is 14.2 Å². The van der Waals surface area contributed by atoms with Crippen LogP contribution < -0.4 is 15.6 Å². The molecule has 0 aliphatic rings. The number of amides is 1. The van der Waals surface area contributed by atoms with Crippen LogP contribution in [0, 0.1) is 10.6 Å². The molecule has 0 saturated carbocycles. The standard InChI is InChI=1S/C21H20FN3O3S/c1-2-11-25-20(27)15-9-8-14(13-17(15)24-21(25)29)19(26)23-10-5-12-28-18-7-4-3-6-16(18)22/h2-4,6-9,13H,1,5,10-12H2,(H,23,26)(H,24,29). The topological polar surface area (TPSA) is 76.1 Å². The van der Waals surface area contributed by atoms with Gasteiger partial charge in [-0.05, 0) is 49.0 Å². The number of hydrogen-bond acceptors (Lipinski definition) is 4. The van der Waals surface area contributed by atoms with Crippen LogP contribution >= 0.6 is 12.2 Å². The van der Waals surface area contributed by atoms with Crippen molar-refractivity contribution in [3.05, 3.63) is 81.6 Å². The van der Waals surface area contributed by atoms with Crippen LogP contribution in [0.4, 0.5) is 4.39 Å². The highest BCUT2D eigenvalue weighted by Gasteiger charge is 2.10. The Morgan fingerprint density at radius 3 is 2.86 bits per heavy atom. The molecule has 0 bridgehead atoms. The van der Waals surface area contributed by atoms with Crippen LogP contribution in [0.25, 0.3) is 10.9 Å². The molecule has 3 aromatic rings. The van der Waals surface area contributed by atoms with Crippen LogP contribution in [0.15, 0.2) is 59.9 Å². The van der Waals surface area contributed by atoms with E-state index in [1.807, 2.05) is 0 Å². The number of carbonyl (C=O) groups excluding carboxylic acids is 1. The van der Waals surface area contributed by atoms with Crippen molar-refractivity contribution in [1.82, 2.24) is 14.9 Å². The van der Waals surface area contributed by atoms with Crippen molar-refractivity contribution in [2.24, 2.45) is 0 Å². The van der Waals surface area contributed by atoms with Gasteiger partial charge in [0.25, 0.3) is 11.5 Å². The normalized spacial score (nSPS) is 10.7. The zero-order valence-corrected chi connectivity index (χ0v) is 16.4. The number of H-pyrrole nitrogens is 1. The number of hydrogen-bond donors (Lipinski definition) is 2. The van der Waals surface area contributed by atoms with Gasteiger partial charge in [-0.25, -0.2) is 4.39 Å². The molecule has 1 aromatic heterocycles. The molecule has 0 atom stereocenters. The Kier molecular flexibility index (Phi) is 6.56. The van der Waals surface area contributed by atoms with Crippen LogP contribution in [0.1, 0.15) is 16.8 Å². The van der Waals surface area contributed by atoms with Crippen molar-refractivity contribution in [3.8, 4) is 5.75 Å². The van der Waals surface area contributed by atoms with Crippen LogP contribution in [0.2, 0.25) is 0 Å². The summed E-state index contributed by atoms with van der Waals surface area (Å²) in [5.74, 6) is -0.518. The molecular formula is C21H20FN3O3S. The monoisotopic (exact) mass is 413 g/mol. The van der Waals surface area contributed by atoms with Crippen molar-refractivity contribution in [3.63, 3.8) is 0 Å². The van der Waals surface area contributed by atoms with E-state index in [1.165, 1.54) is 10.6 Å². The number of benzene rings is 2. The Hall–Kier alpha value is -3.26. The molecule has 0 radical (unpaired) electrons. The van der Waals surface area contributed by atoms with Crippen molar-refractivity contribution >= 4 is 29.0 Å². The smallest absolute Gasteiger partial charge is 0.262 e. The summed E-state index contributed by atoms with van der Waals surface area (Å²) in [5, 5.41) is 3.22. The molecule has 0 aliphatic carbocycles. The molecule has 1 heterocycles. The summed E-state index contributed by atoms with van der Waals surface area (Å²) < 4.78 is 20.5. The lowest BCUT2D eigenvalue weighted by atomic mass is 10.1. The number of ether oxygens (including phenoxy) is 1. The summed E-state index contributed by atoms with van der Waals surface area (Å²) in [6.45, 7) is 4.56. The molecule has 6 nitrogen and oxygen atoms in total. The minimum Gasteiger partial charge on any atom is -0.490 e. The van der Waals surface area contributed by atoms with E-state index < -0.39 is 5.82 Å². The lowest BCUT2D eigenvalue weighted by molar-refractivity contribution is 0.0951. The number of carbonyl (C=O) groups is 1. The largest absolute Gasteiger partial charge is 0.490 e. The number of nitrogens with zero attached hydrogens (tertiary/aromatic N) is 1. The average molecular weight is 413 g/mol. The molecular weight excluding hydrogens is 393 g/mol. The predicted octanol–water partition coefficient (Wildman–Crippen LogP) is 3.58. The first-order valence-electron chi connectivity index (χ1n) is 9.04. The third-order valence-electron chi connectivity index (χ3n) is 4.26. The molecule has 29 heavy (non-hydrogen) atoms. The van der Waals surface area contributed by atoms with E-state index in [9.17, 15) is 14.0 Å². The third-order valence-corrected chi connectivity index (χ3v) is 4.58. The second-order valence-corrected chi connectivity index (χ2v) is 6.67. The maximum Gasteiger partial charge on any atom is 0.262 e. The van der Waals surface area contributed by atoms with E-state index in [-0.39, 0.29) is 28.6 Å². The average Bonchev–Trinajstić information content (AvgIpc) is 2.71. The van der Waals surface area contributed by atoms with Crippen LogP contribution in [0.5, 0.6) is 5.75 Å². The fourth-order valence-electron chi connectivity index (χ4n) is 2.81. The SMILES string of the molecule is C=CCn1c(=S)[nH]c2cc(C(=O)NCCCOc3ccccc3F)ccc2c1=O. The fourth-order valence-corrected chi connectivity index (χ4v) is 3.08. The zero-order chi connectivity index (χ0) is 20.8. The fraction of sp³-hybridized carbons (Fsp3) is 0.190. The number of aromatic nitrogens is 2. The maximum absolute atomic E-state index is 13.5. The van der Waals surface area contributed by atoms with Gasteiger partial charge >= 0.3 is 0 Å². The van der Waals surface area contributed by atoms with Crippen LogP contribution in [-0.2, 0) is 6.54 Å². The maximum atomic E-state index is 13.5. The molecule has 2 N–H and O–H groups in total. The minimum absolute atomic E-state index is 0.186. The molecule has 8 heteroatoms. The van der Waals surface area contributed by atoms with Gasteiger partial charge in [0.05, 0.1) is 17.5 Å². The number of allylic oxidation sites excluding steroid dienone is 1. The molecule has 2 aromatic carbocycles. The van der Waals surface area contributed by atoms with Crippen LogP contribution in [-0.4, -0.2) is 28.6 Å². The van der Waals surface area contributed by atoms with Crippen molar-refractivity contribution in [2.45, 2.75) is 13.0 Å². The van der Waals surface area contributed by atoms with Crippen molar-refractivity contribution < 1.29 is 13.9 Å². The Morgan fingerprint density at radius 2 is 2.10 bits per heavy atom. The van der Waals surface area contributed by atoms with Gasteiger partial charge in [0.2, 0.25) is 0 Å². The predicted molar refractivity (Wildman–Crippen MR) is 112 cm³/mol. The second kappa shape index (κ2) is 9.29. The molecule has 0 unspecified atom stereocenters. The molecule has 0 aliphatic heterocycles. The van der Waals surface area contributed by atoms with Gasteiger partial charge < -0.3 is 15.0 Å². The second-order valence-electron chi connectivity index (χ2n) is 6.28. The Balaban J connectivity index is 1.61. The highest BCUT2D eigenvalue weighted by molar-refractivity contribution is 7.71. The molecule has 1 amide bonds. The van der Waals surface area contributed by atoms with Gasteiger partial charge in [0.1, 0.15) is 0 Å². The van der Waals surface area contributed by atoms with Gasteiger partial charge in [0.15, 0.2) is 16.3 Å². The molecule has 0 saturated heterocycles. The summed E-state index contributed by atoms with van der Waals surface area (Å²) in [6, 6.07) is 10.9. The quantitative estimate of drug-likeness (QED) is 0.336. The Bertz CT molecular complexity index is 1170. The lowest BCUT2D eigenvalue weighted by Gasteiger charge is -2.09. The Labute approximate surface area is 171 Å². The third kappa shape index (κ3) is 4.78. The van der Waals surface area contributed by atoms with E-state index in [1.54, 1.807) is 42.5 Å². The Morgan fingerprint density at radius 1 is 1.31 bits per heavy atom. The van der Waals surface area contributed by atoms with Gasteiger partial charge in [-0.2, -0.15) is 0 Å². The van der Waals surface area contributed by atoms with Crippen LogP contribution in [0.3, 0.4) is 0 Å². The molecule has 0 fully saturated rings. The summed E-state index contributed by atoms with van der Waals surface area (Å²) in [4.78, 5) is 27.8. The van der Waals surface area contributed by atoms with Gasteiger partial charge in [-0.15, -0.1) is 6.58 Å². The van der Waals surface area contributed by atoms with E-state index in [2.05, 4.69) is 16.9 Å². The van der Waals surface area contributed by atoms with E-state index in [0.29, 0.717) is 36.0 Å². The van der Waals surface area contributed by atoms with Crippen molar-refractivity contribution in [1.29, 1.82) is 0 Å². The van der Waals surface area contributed by atoms with E-state index >= 15 is 0 Å². The number of nitrogens with one attached hydrogen (secondary N) is 2. The zero-order valence-electron chi connectivity index (χ0n) is 15.6. The highest BCUT2D eigenvalue weighted by Crippen LogP contribution is 2.15. The molecule has 3 rings (SSSR count). The van der Waals surface area contributed by atoms with E-state index in [4.69, 9.17) is 17.0 Å². The summed E-state index contributed by atoms with van der Waals surface area (Å²) in [6.07, 6.45) is 2.11. The first-order chi connectivity index (χ1) is 14.0. The van der Waals surface area contributed by atoms with E-state index in [0.717, 1.165) is 0 Å². The number of halogens is 1. The molecule has 150 valence electrons.